The van der Waals surface area contributed by atoms with E-state index in [1.807, 2.05) is 32.9 Å². The molecular weight excluding hydrogens is 336 g/mol. The van der Waals surface area contributed by atoms with Crippen LogP contribution in [0.15, 0.2) is 34.6 Å². The van der Waals surface area contributed by atoms with Crippen LogP contribution in [0.3, 0.4) is 0 Å². The number of nitrogens with two attached hydrogens (primary N) is 1. The minimum atomic E-state index is -2.57. The number of aliphatic imine (C=N–C) groups is 1. The highest BCUT2D eigenvalue weighted by molar-refractivity contribution is 5.84. The van der Waals surface area contributed by atoms with Gasteiger partial charge in [0.25, 0.3) is 0 Å². The summed E-state index contributed by atoms with van der Waals surface area (Å²) in [6, 6.07) is 3.92. The molecule has 1 atom stereocenters. The Morgan fingerprint density at radius 3 is 2.62 bits per heavy atom. The number of guanidine groups is 1. The van der Waals surface area contributed by atoms with Crippen molar-refractivity contribution in [2.24, 2.45) is 16.6 Å². The Labute approximate surface area is 153 Å². The van der Waals surface area contributed by atoms with Gasteiger partial charge in [-0.25, -0.2) is 13.8 Å². The van der Waals surface area contributed by atoms with Gasteiger partial charge in [-0.1, -0.05) is 0 Å². The smallest absolute Gasteiger partial charge is 0.248 e. The average molecular weight is 363 g/mol. The van der Waals surface area contributed by atoms with Crippen LogP contribution in [-0.4, -0.2) is 22.5 Å². The second kappa shape index (κ2) is 6.95. The minimum absolute atomic E-state index is 0.0542. The summed E-state index contributed by atoms with van der Waals surface area (Å²) in [6.07, 6.45) is 2.33. The number of alkyl halides is 2. The molecule has 0 aromatic carbocycles. The molecule has 0 amide bonds. The number of nitrogens with one attached hydrogen (secondary N) is 2. The molecule has 0 saturated heterocycles. The highest BCUT2D eigenvalue weighted by Gasteiger charge is 2.46. The number of aromatic nitrogens is 1. The molecule has 1 fully saturated rings. The second-order valence-electron chi connectivity index (χ2n) is 7.49. The van der Waals surface area contributed by atoms with E-state index in [1.54, 1.807) is 6.20 Å². The predicted molar refractivity (Wildman–Crippen MR) is 98.6 cm³/mol. The Balaban J connectivity index is 1.78. The van der Waals surface area contributed by atoms with E-state index in [9.17, 15) is 8.78 Å². The van der Waals surface area contributed by atoms with Crippen LogP contribution < -0.4 is 16.4 Å². The summed E-state index contributed by atoms with van der Waals surface area (Å²) in [5, 5.41) is 6.50. The summed E-state index contributed by atoms with van der Waals surface area (Å²) in [7, 11) is 0. The lowest BCUT2D eigenvalue weighted by atomic mass is 9.75. The van der Waals surface area contributed by atoms with Crippen molar-refractivity contribution in [3.05, 3.63) is 40.9 Å². The van der Waals surface area contributed by atoms with Crippen molar-refractivity contribution in [3.63, 3.8) is 0 Å². The Morgan fingerprint density at radius 2 is 1.96 bits per heavy atom. The van der Waals surface area contributed by atoms with Gasteiger partial charge in [0.2, 0.25) is 5.92 Å². The summed E-state index contributed by atoms with van der Waals surface area (Å²) in [5.41, 5.74) is 9.69. The van der Waals surface area contributed by atoms with Crippen LogP contribution in [0, 0.1) is 12.8 Å². The Kier molecular flexibility index (Phi) is 5.01. The van der Waals surface area contributed by atoms with E-state index in [4.69, 9.17) is 5.73 Å². The summed E-state index contributed by atoms with van der Waals surface area (Å²) in [6.45, 7) is 6.31. The molecular formula is C19H27F2N5. The molecule has 0 bridgehead atoms. The first-order chi connectivity index (χ1) is 12.2. The number of allylic oxidation sites excluding steroid dienone is 1. The van der Waals surface area contributed by atoms with Gasteiger partial charge < -0.3 is 16.4 Å². The zero-order valence-electron chi connectivity index (χ0n) is 15.6. The molecule has 26 heavy (non-hydrogen) atoms. The third-order valence-corrected chi connectivity index (χ3v) is 5.55. The molecule has 1 saturated carbocycles. The van der Waals surface area contributed by atoms with Crippen LogP contribution in [0.5, 0.6) is 0 Å². The van der Waals surface area contributed by atoms with Crippen molar-refractivity contribution in [2.75, 3.05) is 0 Å². The third kappa shape index (κ3) is 3.87. The summed E-state index contributed by atoms with van der Waals surface area (Å²) in [5.74, 6) is -2.06. The lowest BCUT2D eigenvalue weighted by Gasteiger charge is -2.46. The van der Waals surface area contributed by atoms with E-state index < -0.39 is 11.6 Å². The fraction of sp³-hybridized carbons (Fsp3) is 0.579. The molecule has 0 radical (unpaired) electrons. The van der Waals surface area contributed by atoms with Crippen LogP contribution in [0.25, 0.3) is 0 Å². The predicted octanol–water partition coefficient (Wildman–Crippen LogP) is 3.21. The number of pyridine rings is 1. The minimum Gasteiger partial charge on any atom is -0.334 e. The fourth-order valence-corrected chi connectivity index (χ4v) is 3.73. The molecule has 142 valence electrons. The van der Waals surface area contributed by atoms with Crippen molar-refractivity contribution in [3.8, 4) is 0 Å². The number of hydrogen-bond acceptors (Lipinski definition) is 3. The van der Waals surface area contributed by atoms with Gasteiger partial charge in [-0.05, 0) is 62.8 Å². The van der Waals surface area contributed by atoms with Crippen molar-refractivity contribution < 1.29 is 8.78 Å². The monoisotopic (exact) mass is 363 g/mol. The summed E-state index contributed by atoms with van der Waals surface area (Å²) >= 11 is 0. The molecule has 2 aliphatic rings. The Morgan fingerprint density at radius 1 is 1.27 bits per heavy atom. The quantitative estimate of drug-likeness (QED) is 0.771. The van der Waals surface area contributed by atoms with Crippen molar-refractivity contribution >= 4 is 5.96 Å². The van der Waals surface area contributed by atoms with E-state index in [1.165, 1.54) is 0 Å². The van der Waals surface area contributed by atoms with Gasteiger partial charge in [-0.15, -0.1) is 0 Å². The highest BCUT2D eigenvalue weighted by Crippen LogP contribution is 2.41. The molecule has 3 rings (SSSR count). The molecule has 5 nitrogen and oxygen atoms in total. The lowest BCUT2D eigenvalue weighted by Crippen LogP contribution is -2.67. The highest BCUT2D eigenvalue weighted by atomic mass is 19.3. The lowest BCUT2D eigenvalue weighted by molar-refractivity contribution is -0.0536. The molecule has 1 unspecified atom stereocenters. The van der Waals surface area contributed by atoms with E-state index in [0.717, 1.165) is 22.5 Å². The Hall–Kier alpha value is -2.02. The zero-order valence-corrected chi connectivity index (χ0v) is 15.6. The zero-order chi connectivity index (χ0) is 18.9. The largest absolute Gasteiger partial charge is 0.334 e. The standard InChI is InChI=1S/C19H27F2N5/c1-12-6-9-23-16(10-12)11-24-17-25-14(3)13(2)19(22,26-17)15-4-7-18(20,21)8-5-15/h6,9-10,15H,4-5,7-8,11,22H2,1-3H3,(H2,24,25,26). The number of rotatable bonds is 3. The number of nitrogens with zero attached hydrogens (tertiary/aromatic N) is 2. The average Bonchev–Trinajstić information content (AvgIpc) is 2.57. The molecule has 1 aliphatic heterocycles. The normalized spacial score (nSPS) is 28.0. The van der Waals surface area contributed by atoms with E-state index in [-0.39, 0.29) is 18.8 Å². The molecule has 7 heteroatoms. The van der Waals surface area contributed by atoms with Crippen LogP contribution in [0.2, 0.25) is 0 Å². The van der Waals surface area contributed by atoms with E-state index >= 15 is 0 Å². The second-order valence-corrected chi connectivity index (χ2v) is 7.49. The van der Waals surface area contributed by atoms with Gasteiger partial charge in [0, 0.05) is 24.7 Å². The van der Waals surface area contributed by atoms with Gasteiger partial charge in [0.1, 0.15) is 5.66 Å². The Bertz CT molecular complexity index is 733. The summed E-state index contributed by atoms with van der Waals surface area (Å²) < 4.78 is 27.1. The van der Waals surface area contributed by atoms with Crippen molar-refractivity contribution in [1.29, 1.82) is 0 Å². The summed E-state index contributed by atoms with van der Waals surface area (Å²) in [4.78, 5) is 8.88. The molecule has 1 aromatic rings. The molecule has 0 spiro atoms. The maximum absolute atomic E-state index is 13.5. The van der Waals surface area contributed by atoms with Gasteiger partial charge >= 0.3 is 0 Å². The first-order valence-corrected chi connectivity index (χ1v) is 9.05. The van der Waals surface area contributed by atoms with Gasteiger partial charge in [-0.2, -0.15) is 0 Å². The molecule has 1 aliphatic carbocycles. The van der Waals surface area contributed by atoms with E-state index in [2.05, 4.69) is 20.6 Å². The molecule has 2 heterocycles. The number of aryl methyl sites for hydroxylation is 1. The third-order valence-electron chi connectivity index (χ3n) is 5.55. The van der Waals surface area contributed by atoms with Crippen LogP contribution in [-0.2, 0) is 6.54 Å². The van der Waals surface area contributed by atoms with Crippen molar-refractivity contribution in [1.82, 2.24) is 15.6 Å². The molecule has 1 aromatic heterocycles. The van der Waals surface area contributed by atoms with Crippen LogP contribution >= 0.6 is 0 Å². The topological polar surface area (TPSA) is 75.3 Å². The fourth-order valence-electron chi connectivity index (χ4n) is 3.73. The first-order valence-electron chi connectivity index (χ1n) is 9.05. The first kappa shape index (κ1) is 18.8. The number of hydrogen-bond donors (Lipinski definition) is 3. The van der Waals surface area contributed by atoms with Gasteiger partial charge in [0.15, 0.2) is 5.96 Å². The molecule has 4 N–H and O–H groups in total. The van der Waals surface area contributed by atoms with Crippen LogP contribution in [0.1, 0.15) is 50.8 Å². The van der Waals surface area contributed by atoms with E-state index in [0.29, 0.717) is 25.3 Å². The SMILES string of the molecule is CC1=C(C)C(N)(C2CCC(F)(F)CC2)NC(=NCc2cc(C)ccn2)N1. The maximum Gasteiger partial charge on any atom is 0.248 e. The van der Waals surface area contributed by atoms with Gasteiger partial charge in [-0.3, -0.25) is 4.98 Å². The van der Waals surface area contributed by atoms with Crippen molar-refractivity contribution in [2.45, 2.75) is 64.6 Å². The van der Waals surface area contributed by atoms with Crippen LogP contribution in [0.4, 0.5) is 8.78 Å². The maximum atomic E-state index is 13.5. The van der Waals surface area contributed by atoms with Gasteiger partial charge in [0.05, 0.1) is 12.2 Å². The number of halogens is 2.